The molecular weight excluding hydrogens is 554 g/mol. The number of hydrogen-bond acceptors (Lipinski definition) is 8. The average molecular weight is 590 g/mol. The van der Waals surface area contributed by atoms with Crippen LogP contribution in [0.15, 0.2) is 79.0 Å². The first-order chi connectivity index (χ1) is 21.2. The highest BCUT2D eigenvalue weighted by atomic mass is 16.5. The highest BCUT2D eigenvalue weighted by molar-refractivity contribution is 6.48. The summed E-state index contributed by atoms with van der Waals surface area (Å²) in [5, 5.41) is 12.4. The summed E-state index contributed by atoms with van der Waals surface area (Å²) < 4.78 is 7.12. The van der Waals surface area contributed by atoms with Crippen molar-refractivity contribution in [1.29, 1.82) is 0 Å². The van der Waals surface area contributed by atoms with Crippen LogP contribution in [0.25, 0.3) is 16.5 Å². The number of aryl methyl sites for hydroxylation is 1. The summed E-state index contributed by atoms with van der Waals surface area (Å²) in [6.07, 6.45) is 1.72. The summed E-state index contributed by atoms with van der Waals surface area (Å²) in [7, 11) is 0. The average Bonchev–Trinajstić information content (AvgIpc) is 3.46. The van der Waals surface area contributed by atoms with Crippen molar-refractivity contribution in [2.45, 2.75) is 33.1 Å². The number of nitrogens with one attached hydrogen (secondary N) is 2. The lowest BCUT2D eigenvalue weighted by atomic mass is 9.92. The minimum absolute atomic E-state index is 0.260. The van der Waals surface area contributed by atoms with Crippen molar-refractivity contribution < 1.29 is 14.3 Å². The van der Waals surface area contributed by atoms with Crippen molar-refractivity contribution in [2.75, 3.05) is 41.8 Å². The molecule has 0 spiro atoms. The lowest BCUT2D eigenvalue weighted by molar-refractivity contribution is -0.112. The van der Waals surface area contributed by atoms with Gasteiger partial charge in [-0.15, -0.1) is 0 Å². The van der Waals surface area contributed by atoms with Gasteiger partial charge in [-0.1, -0.05) is 57.2 Å². The molecule has 10 nitrogen and oxygen atoms in total. The minimum Gasteiger partial charge on any atom is -0.378 e. The minimum atomic E-state index is -0.740. The molecule has 0 saturated carbocycles. The molecule has 0 unspecified atom stereocenters. The van der Waals surface area contributed by atoms with Gasteiger partial charge in [0.15, 0.2) is 0 Å². The molecule has 6 rings (SSSR count). The number of aromatic nitrogens is 4. The Bertz CT molecular complexity index is 1850. The van der Waals surface area contributed by atoms with Crippen LogP contribution >= 0.6 is 0 Å². The molecule has 2 N–H and O–H groups in total. The molecule has 0 aliphatic carbocycles. The molecule has 2 aromatic heterocycles. The third-order valence-electron chi connectivity index (χ3n) is 7.54. The summed E-state index contributed by atoms with van der Waals surface area (Å²) >= 11 is 0. The van der Waals surface area contributed by atoms with Gasteiger partial charge in [-0.05, 0) is 48.2 Å². The maximum Gasteiger partial charge on any atom is 0.297 e. The van der Waals surface area contributed by atoms with E-state index in [1.165, 1.54) is 0 Å². The Morgan fingerprint density at radius 3 is 2.43 bits per heavy atom. The Labute approximate surface area is 256 Å². The Morgan fingerprint density at radius 2 is 1.68 bits per heavy atom. The number of carbonyl (C=O) groups excluding carboxylic acids is 2. The second-order valence-electron chi connectivity index (χ2n) is 11.9. The van der Waals surface area contributed by atoms with E-state index in [-0.39, 0.29) is 5.41 Å². The molecule has 0 bridgehead atoms. The van der Waals surface area contributed by atoms with Crippen molar-refractivity contribution in [3.05, 3.63) is 95.8 Å². The fourth-order valence-electron chi connectivity index (χ4n) is 5.17. The first-order valence-corrected chi connectivity index (χ1v) is 14.7. The Kier molecular flexibility index (Phi) is 7.84. The van der Waals surface area contributed by atoms with Crippen LogP contribution in [0, 0.1) is 6.92 Å². The molecule has 1 aliphatic rings. The van der Waals surface area contributed by atoms with E-state index in [2.05, 4.69) is 41.3 Å². The van der Waals surface area contributed by atoms with Gasteiger partial charge in [-0.2, -0.15) is 10.1 Å². The van der Waals surface area contributed by atoms with Gasteiger partial charge in [-0.3, -0.25) is 9.59 Å². The third-order valence-corrected chi connectivity index (χ3v) is 7.54. The molecule has 44 heavy (non-hydrogen) atoms. The topological polar surface area (TPSA) is 114 Å². The second kappa shape index (κ2) is 11.9. The van der Waals surface area contributed by atoms with E-state index in [0.29, 0.717) is 41.7 Å². The van der Waals surface area contributed by atoms with Crippen molar-refractivity contribution in [3.8, 4) is 5.69 Å². The van der Waals surface area contributed by atoms with E-state index < -0.39 is 11.7 Å². The fraction of sp³-hybridized carbons (Fsp3) is 0.265. The number of amides is 1. The molecule has 1 fully saturated rings. The summed E-state index contributed by atoms with van der Waals surface area (Å²) in [5.41, 5.74) is 3.46. The first-order valence-electron chi connectivity index (χ1n) is 14.7. The van der Waals surface area contributed by atoms with Crippen LogP contribution in [0.2, 0.25) is 0 Å². The molecule has 1 saturated heterocycles. The number of ether oxygens (including phenoxy) is 1. The van der Waals surface area contributed by atoms with E-state index in [0.717, 1.165) is 41.1 Å². The van der Waals surface area contributed by atoms with Gasteiger partial charge in [0.1, 0.15) is 11.6 Å². The van der Waals surface area contributed by atoms with Crippen LogP contribution in [-0.2, 0) is 14.9 Å². The van der Waals surface area contributed by atoms with Gasteiger partial charge in [0, 0.05) is 47.4 Å². The SMILES string of the molecule is Cc1cccc(-n2nc(C(C)(C)C)cc2NC(=O)C(=O)c2ccc(Nc3ccnc(N4CCOCC4)n3)c3ccccc23)c1. The largest absolute Gasteiger partial charge is 0.378 e. The van der Waals surface area contributed by atoms with Crippen LogP contribution in [0.5, 0.6) is 0 Å². The maximum absolute atomic E-state index is 13.7. The zero-order valence-corrected chi connectivity index (χ0v) is 25.3. The monoisotopic (exact) mass is 589 g/mol. The molecule has 10 heteroatoms. The number of fused-ring (bicyclic) bond motifs is 1. The zero-order chi connectivity index (χ0) is 30.8. The summed E-state index contributed by atoms with van der Waals surface area (Å²) in [4.78, 5) is 38.4. The smallest absolute Gasteiger partial charge is 0.297 e. The quantitative estimate of drug-likeness (QED) is 0.180. The number of ketones is 1. The fourth-order valence-corrected chi connectivity index (χ4v) is 5.17. The maximum atomic E-state index is 13.7. The predicted octanol–water partition coefficient (Wildman–Crippen LogP) is 5.82. The van der Waals surface area contributed by atoms with E-state index in [1.54, 1.807) is 29.1 Å². The van der Waals surface area contributed by atoms with E-state index in [1.807, 2.05) is 61.5 Å². The lowest BCUT2D eigenvalue weighted by Gasteiger charge is -2.26. The van der Waals surface area contributed by atoms with Crippen molar-refractivity contribution in [1.82, 2.24) is 19.7 Å². The van der Waals surface area contributed by atoms with E-state index in [4.69, 9.17) is 14.8 Å². The zero-order valence-electron chi connectivity index (χ0n) is 25.3. The number of morpholine rings is 1. The number of carbonyl (C=O) groups is 2. The van der Waals surface area contributed by atoms with Gasteiger partial charge in [0.05, 0.1) is 24.6 Å². The van der Waals surface area contributed by atoms with Crippen LogP contribution in [-0.4, -0.2) is 57.7 Å². The van der Waals surface area contributed by atoms with E-state index in [9.17, 15) is 9.59 Å². The van der Waals surface area contributed by atoms with Gasteiger partial charge in [-0.25, -0.2) is 9.67 Å². The van der Waals surface area contributed by atoms with Crippen LogP contribution in [0.4, 0.5) is 23.3 Å². The molecular formula is C34H35N7O3. The standard InChI is InChI=1S/C34H35N7O3/c1-22-8-7-9-23(20-22)41-30(21-28(39-41)34(2,3)4)38-32(43)31(42)26-12-13-27(25-11-6-5-10-24(25)26)36-29-14-15-35-33(37-29)40-16-18-44-19-17-40/h5-15,20-21H,16-19H2,1-4H3,(H,38,43)(H,35,36,37). The molecule has 0 radical (unpaired) electrons. The normalized spacial score (nSPS) is 13.6. The van der Waals surface area contributed by atoms with Gasteiger partial charge in [0.25, 0.3) is 11.7 Å². The van der Waals surface area contributed by atoms with Gasteiger partial charge < -0.3 is 20.3 Å². The van der Waals surface area contributed by atoms with Crippen LogP contribution < -0.4 is 15.5 Å². The van der Waals surface area contributed by atoms with Crippen molar-refractivity contribution >= 4 is 45.7 Å². The van der Waals surface area contributed by atoms with Crippen molar-refractivity contribution in [3.63, 3.8) is 0 Å². The molecule has 3 heterocycles. The van der Waals surface area contributed by atoms with Crippen LogP contribution in [0.1, 0.15) is 42.4 Å². The second-order valence-corrected chi connectivity index (χ2v) is 11.9. The summed E-state index contributed by atoms with van der Waals surface area (Å²) in [5.74, 6) is 0.309. The molecule has 5 aromatic rings. The predicted molar refractivity (Wildman–Crippen MR) is 172 cm³/mol. The molecule has 1 amide bonds. The lowest BCUT2D eigenvalue weighted by Crippen LogP contribution is -2.37. The Hall–Kier alpha value is -5.09. The van der Waals surface area contributed by atoms with Crippen LogP contribution in [0.3, 0.4) is 0 Å². The van der Waals surface area contributed by atoms with Gasteiger partial charge >= 0.3 is 0 Å². The third kappa shape index (κ3) is 6.02. The van der Waals surface area contributed by atoms with Gasteiger partial charge in [0.2, 0.25) is 5.95 Å². The molecule has 1 aliphatic heterocycles. The number of benzene rings is 3. The Morgan fingerprint density at radius 1 is 0.909 bits per heavy atom. The van der Waals surface area contributed by atoms with E-state index >= 15 is 0 Å². The highest BCUT2D eigenvalue weighted by Gasteiger charge is 2.25. The highest BCUT2D eigenvalue weighted by Crippen LogP contribution is 2.31. The molecule has 224 valence electrons. The number of hydrogen-bond donors (Lipinski definition) is 2. The molecule has 3 aromatic carbocycles. The summed E-state index contributed by atoms with van der Waals surface area (Å²) in [6.45, 7) is 10.9. The number of anilines is 4. The number of nitrogens with zero attached hydrogens (tertiary/aromatic N) is 5. The number of Topliss-reactive ketones (excluding diaryl/α,β-unsaturated/α-hetero) is 1. The Balaban J connectivity index is 1.28. The summed E-state index contributed by atoms with van der Waals surface area (Å²) in [6, 6.07) is 22.4. The first kappa shape index (κ1) is 29.0. The molecule has 0 atom stereocenters. The number of rotatable bonds is 7. The van der Waals surface area contributed by atoms with Crippen molar-refractivity contribution in [2.24, 2.45) is 0 Å².